The summed E-state index contributed by atoms with van der Waals surface area (Å²) < 4.78 is 18.8. The molecular formula is C24H26FN3O. The maximum absolute atomic E-state index is 13.0. The van der Waals surface area contributed by atoms with Gasteiger partial charge in [-0.2, -0.15) is 0 Å². The van der Waals surface area contributed by atoms with Gasteiger partial charge in [-0.1, -0.05) is 36.4 Å². The van der Waals surface area contributed by atoms with E-state index in [0.717, 1.165) is 50.9 Å². The van der Waals surface area contributed by atoms with Crippen LogP contribution >= 0.6 is 0 Å². The normalized spacial score (nSPS) is 14.7. The van der Waals surface area contributed by atoms with E-state index in [2.05, 4.69) is 45.5 Å². The molecule has 3 aromatic rings. The van der Waals surface area contributed by atoms with Gasteiger partial charge in [-0.15, -0.1) is 0 Å². The molecule has 4 rings (SSSR count). The molecule has 2 heterocycles. The van der Waals surface area contributed by atoms with E-state index in [1.807, 2.05) is 18.2 Å². The van der Waals surface area contributed by atoms with Crippen molar-refractivity contribution >= 4 is 0 Å². The molecule has 0 unspecified atom stereocenters. The van der Waals surface area contributed by atoms with Crippen LogP contribution in [0.4, 0.5) is 4.39 Å². The molecule has 150 valence electrons. The largest absolute Gasteiger partial charge is 0.439 e. The average Bonchev–Trinajstić information content (AvgIpc) is 2.77. The Morgan fingerprint density at radius 1 is 0.966 bits per heavy atom. The smallest absolute Gasteiger partial charge is 0.219 e. The zero-order valence-corrected chi connectivity index (χ0v) is 16.5. The quantitative estimate of drug-likeness (QED) is 0.643. The summed E-state index contributed by atoms with van der Waals surface area (Å²) in [7, 11) is 0. The summed E-state index contributed by atoms with van der Waals surface area (Å²) in [5, 5.41) is 3.40. The third kappa shape index (κ3) is 5.62. The number of benzene rings is 2. The molecule has 1 aliphatic rings. The van der Waals surface area contributed by atoms with Crippen LogP contribution in [0.2, 0.25) is 0 Å². The number of nitrogens with one attached hydrogen (secondary N) is 1. The van der Waals surface area contributed by atoms with Gasteiger partial charge in [-0.05, 0) is 54.3 Å². The van der Waals surface area contributed by atoms with Crippen molar-refractivity contribution in [3.8, 4) is 22.8 Å². The first-order chi connectivity index (χ1) is 14.3. The highest BCUT2D eigenvalue weighted by molar-refractivity contribution is 5.66. The topological polar surface area (TPSA) is 37.4 Å². The minimum atomic E-state index is -0.375. The molecule has 1 fully saturated rings. The van der Waals surface area contributed by atoms with Gasteiger partial charge in [0.05, 0.1) is 6.20 Å². The highest BCUT2D eigenvalue weighted by atomic mass is 19.1. The van der Waals surface area contributed by atoms with Crippen LogP contribution in [0.5, 0.6) is 11.6 Å². The van der Waals surface area contributed by atoms with E-state index in [9.17, 15) is 4.39 Å². The number of ether oxygens (including phenoxy) is 1. The summed E-state index contributed by atoms with van der Waals surface area (Å²) in [6.45, 7) is 5.65. The fourth-order valence-corrected chi connectivity index (χ4v) is 3.63. The molecule has 0 atom stereocenters. The zero-order chi connectivity index (χ0) is 19.9. The Kier molecular flexibility index (Phi) is 6.49. The molecule has 1 saturated heterocycles. The van der Waals surface area contributed by atoms with Crippen molar-refractivity contribution in [3.63, 3.8) is 0 Å². The van der Waals surface area contributed by atoms with Gasteiger partial charge in [0.2, 0.25) is 5.88 Å². The summed E-state index contributed by atoms with van der Waals surface area (Å²) in [4.78, 5) is 6.49. The molecule has 1 N–H and O–H groups in total. The summed E-state index contributed by atoms with van der Waals surface area (Å²) in [5.74, 6) is 0.691. The van der Waals surface area contributed by atoms with Crippen LogP contribution in [0.3, 0.4) is 0 Å². The fraction of sp³-hybridized carbons (Fsp3) is 0.292. The van der Waals surface area contributed by atoms with Crippen molar-refractivity contribution in [2.24, 2.45) is 0 Å². The lowest BCUT2D eigenvalue weighted by Gasteiger charge is -2.27. The Bertz CT molecular complexity index is 923. The third-order valence-electron chi connectivity index (χ3n) is 5.17. The lowest BCUT2D eigenvalue weighted by molar-refractivity contribution is 0.238. The van der Waals surface area contributed by atoms with E-state index in [4.69, 9.17) is 4.74 Å². The molecule has 1 aromatic heterocycles. The fourth-order valence-electron chi connectivity index (χ4n) is 3.63. The Morgan fingerprint density at radius 2 is 1.76 bits per heavy atom. The van der Waals surface area contributed by atoms with Crippen molar-refractivity contribution in [1.29, 1.82) is 0 Å². The van der Waals surface area contributed by atoms with E-state index in [-0.39, 0.29) is 5.82 Å². The number of hydrogen-bond acceptors (Lipinski definition) is 4. The first kappa shape index (κ1) is 19.6. The molecule has 0 spiro atoms. The van der Waals surface area contributed by atoms with Gasteiger partial charge >= 0.3 is 0 Å². The SMILES string of the molecule is Fc1ccc(Oc2cccc(-c3cccc(CCCN4CCNCC4)c3)c2)nc1. The predicted octanol–water partition coefficient (Wildman–Crippen LogP) is 4.52. The first-order valence-corrected chi connectivity index (χ1v) is 10.2. The van der Waals surface area contributed by atoms with Gasteiger partial charge in [0.1, 0.15) is 11.6 Å². The van der Waals surface area contributed by atoms with Crippen LogP contribution in [-0.4, -0.2) is 42.6 Å². The number of aryl methyl sites for hydroxylation is 1. The molecule has 0 radical (unpaired) electrons. The second-order valence-corrected chi connectivity index (χ2v) is 7.34. The van der Waals surface area contributed by atoms with Crippen molar-refractivity contribution in [2.45, 2.75) is 12.8 Å². The summed E-state index contributed by atoms with van der Waals surface area (Å²) in [5.41, 5.74) is 3.61. The highest BCUT2D eigenvalue weighted by Gasteiger charge is 2.09. The molecular weight excluding hydrogens is 365 g/mol. The standard InChI is InChI=1S/C24H26FN3O/c25-22-9-10-24(27-18-22)29-23-8-2-7-21(17-23)20-6-1-4-19(16-20)5-3-13-28-14-11-26-12-15-28/h1-2,4,6-10,16-18,26H,3,5,11-15H2. The van der Waals surface area contributed by atoms with Crippen LogP contribution in [0.1, 0.15) is 12.0 Å². The highest BCUT2D eigenvalue weighted by Crippen LogP contribution is 2.27. The molecule has 2 aromatic carbocycles. The van der Waals surface area contributed by atoms with Crippen LogP contribution < -0.4 is 10.1 Å². The van der Waals surface area contributed by atoms with E-state index in [1.165, 1.54) is 29.7 Å². The maximum atomic E-state index is 13.0. The lowest BCUT2D eigenvalue weighted by Crippen LogP contribution is -2.43. The van der Waals surface area contributed by atoms with Gasteiger partial charge in [0, 0.05) is 32.2 Å². The van der Waals surface area contributed by atoms with E-state index >= 15 is 0 Å². The van der Waals surface area contributed by atoms with E-state index in [1.54, 1.807) is 0 Å². The minimum Gasteiger partial charge on any atom is -0.439 e. The van der Waals surface area contributed by atoms with Gasteiger partial charge in [0.15, 0.2) is 0 Å². The summed E-state index contributed by atoms with van der Waals surface area (Å²) in [6.07, 6.45) is 3.40. The molecule has 5 heteroatoms. The lowest BCUT2D eigenvalue weighted by atomic mass is 10.0. The van der Waals surface area contributed by atoms with E-state index in [0.29, 0.717) is 11.6 Å². The minimum absolute atomic E-state index is 0.375. The van der Waals surface area contributed by atoms with Gasteiger partial charge in [-0.3, -0.25) is 0 Å². The van der Waals surface area contributed by atoms with Crippen LogP contribution in [0.25, 0.3) is 11.1 Å². The molecule has 4 nitrogen and oxygen atoms in total. The Balaban J connectivity index is 1.40. The predicted molar refractivity (Wildman–Crippen MR) is 114 cm³/mol. The molecule has 0 bridgehead atoms. The monoisotopic (exact) mass is 391 g/mol. The molecule has 0 amide bonds. The number of halogens is 1. The molecule has 0 aliphatic carbocycles. The molecule has 1 aliphatic heterocycles. The van der Waals surface area contributed by atoms with E-state index < -0.39 is 0 Å². The second kappa shape index (κ2) is 9.63. The van der Waals surface area contributed by atoms with Crippen LogP contribution in [0, 0.1) is 5.82 Å². The Morgan fingerprint density at radius 3 is 2.55 bits per heavy atom. The molecule has 0 saturated carbocycles. The maximum Gasteiger partial charge on any atom is 0.219 e. The van der Waals surface area contributed by atoms with Crippen LogP contribution in [0.15, 0.2) is 66.9 Å². The third-order valence-corrected chi connectivity index (χ3v) is 5.17. The Labute approximate surface area is 171 Å². The zero-order valence-electron chi connectivity index (χ0n) is 16.5. The average molecular weight is 391 g/mol. The van der Waals surface area contributed by atoms with Crippen LogP contribution in [-0.2, 0) is 6.42 Å². The second-order valence-electron chi connectivity index (χ2n) is 7.34. The van der Waals surface area contributed by atoms with Gasteiger partial charge in [-0.25, -0.2) is 9.37 Å². The number of hydrogen-bond donors (Lipinski definition) is 1. The Hall–Kier alpha value is -2.76. The summed E-state index contributed by atoms with van der Waals surface area (Å²) >= 11 is 0. The number of piperazine rings is 1. The number of pyridine rings is 1. The van der Waals surface area contributed by atoms with Crippen molar-refractivity contribution in [3.05, 3.63) is 78.2 Å². The number of rotatable bonds is 7. The van der Waals surface area contributed by atoms with Crippen molar-refractivity contribution in [1.82, 2.24) is 15.2 Å². The number of nitrogens with zero attached hydrogens (tertiary/aromatic N) is 2. The van der Waals surface area contributed by atoms with Gasteiger partial charge < -0.3 is 15.0 Å². The molecule has 29 heavy (non-hydrogen) atoms. The van der Waals surface area contributed by atoms with Crippen molar-refractivity contribution in [2.75, 3.05) is 32.7 Å². The first-order valence-electron chi connectivity index (χ1n) is 10.2. The van der Waals surface area contributed by atoms with Crippen molar-refractivity contribution < 1.29 is 9.13 Å². The number of aromatic nitrogens is 1. The van der Waals surface area contributed by atoms with Gasteiger partial charge in [0.25, 0.3) is 0 Å². The summed E-state index contributed by atoms with van der Waals surface area (Å²) in [6, 6.07) is 19.5.